The monoisotopic (exact) mass is 473 g/mol. The molecule has 1 heterocycles. The van der Waals surface area contributed by atoms with Gasteiger partial charge < -0.3 is 9.47 Å². The van der Waals surface area contributed by atoms with E-state index >= 15 is 0 Å². The van der Waals surface area contributed by atoms with Crippen molar-refractivity contribution in [2.75, 3.05) is 0 Å². The van der Waals surface area contributed by atoms with Gasteiger partial charge in [-0.1, -0.05) is 72.3 Å². The van der Waals surface area contributed by atoms with Crippen LogP contribution in [0.15, 0.2) is 96.6 Å². The quantitative estimate of drug-likeness (QED) is 0.441. The summed E-state index contributed by atoms with van der Waals surface area (Å²) in [5.41, 5.74) is 0.803. The molecule has 1 N–H and O–H groups in total. The third-order valence-electron chi connectivity index (χ3n) is 6.85. The van der Waals surface area contributed by atoms with Gasteiger partial charge in [0.1, 0.15) is 16.9 Å². The molecule has 0 spiro atoms. The molecule has 3 aromatic rings. The van der Waals surface area contributed by atoms with Gasteiger partial charge in [-0.25, -0.2) is 0 Å². The standard InChI is InChI=1S/C29H19N3O4/c1-19-4-6-22(7-5-19)29-25(26(33)32-27(29)34)3-2-16-28(29,20-8-12-23(13-9-20)35-17-30)21-10-14-24(15-11-21)36-18-31/h2-16H,1H3,(H,32,33,34). The van der Waals surface area contributed by atoms with Crippen LogP contribution in [0.3, 0.4) is 0 Å². The average molecular weight is 473 g/mol. The van der Waals surface area contributed by atoms with E-state index in [9.17, 15) is 9.59 Å². The van der Waals surface area contributed by atoms with E-state index < -0.39 is 22.6 Å². The lowest BCUT2D eigenvalue weighted by atomic mass is 9.50. The molecule has 1 unspecified atom stereocenters. The van der Waals surface area contributed by atoms with Gasteiger partial charge in [-0.15, -0.1) is 10.5 Å². The summed E-state index contributed by atoms with van der Waals surface area (Å²) in [5.74, 6) is -0.202. The van der Waals surface area contributed by atoms with Gasteiger partial charge in [0, 0.05) is 5.57 Å². The van der Waals surface area contributed by atoms with Crippen LogP contribution in [0.5, 0.6) is 11.5 Å². The van der Waals surface area contributed by atoms with Gasteiger partial charge in [0.05, 0.1) is 5.41 Å². The molecule has 7 heteroatoms. The van der Waals surface area contributed by atoms with E-state index in [-0.39, 0.29) is 0 Å². The molecular weight excluding hydrogens is 454 g/mol. The fraction of sp³-hybridized carbons (Fsp3) is 0.103. The Morgan fingerprint density at radius 2 is 1.25 bits per heavy atom. The van der Waals surface area contributed by atoms with Crippen LogP contribution in [0, 0.1) is 30.0 Å². The Hall–Kier alpha value is -5.14. The van der Waals surface area contributed by atoms with Crippen molar-refractivity contribution in [1.82, 2.24) is 5.32 Å². The summed E-state index contributed by atoms with van der Waals surface area (Å²) >= 11 is 0. The number of nitrogens with zero attached hydrogens (tertiary/aromatic N) is 2. The summed E-state index contributed by atoms with van der Waals surface area (Å²) < 4.78 is 9.95. The van der Waals surface area contributed by atoms with Crippen molar-refractivity contribution in [3.63, 3.8) is 0 Å². The Morgan fingerprint density at radius 1 is 0.750 bits per heavy atom. The zero-order chi connectivity index (χ0) is 25.3. The van der Waals surface area contributed by atoms with E-state index in [1.165, 1.54) is 0 Å². The fourth-order valence-electron chi connectivity index (χ4n) is 5.35. The van der Waals surface area contributed by atoms with Crippen molar-refractivity contribution in [1.29, 1.82) is 10.5 Å². The predicted molar refractivity (Wildman–Crippen MR) is 129 cm³/mol. The Morgan fingerprint density at radius 3 is 1.75 bits per heavy atom. The smallest absolute Gasteiger partial charge is 0.292 e. The summed E-state index contributed by atoms with van der Waals surface area (Å²) in [6.45, 7) is 1.95. The predicted octanol–water partition coefficient (Wildman–Crippen LogP) is 4.09. The number of carbonyl (C=O) groups is 2. The van der Waals surface area contributed by atoms with E-state index in [0.717, 1.165) is 5.56 Å². The van der Waals surface area contributed by atoms with Gasteiger partial charge in [-0.05, 0) is 47.9 Å². The number of amides is 2. The highest BCUT2D eigenvalue weighted by atomic mass is 16.5. The molecule has 174 valence electrons. The van der Waals surface area contributed by atoms with E-state index in [1.807, 2.05) is 37.3 Å². The number of imide groups is 1. The molecule has 1 saturated heterocycles. The van der Waals surface area contributed by atoms with Gasteiger partial charge in [0.15, 0.2) is 0 Å². The van der Waals surface area contributed by atoms with Crippen molar-refractivity contribution in [3.8, 4) is 24.0 Å². The largest absolute Gasteiger partial charge is 0.388 e. The SMILES string of the molecule is Cc1ccc(C23C(=O)NC(=O)C2=CC=CC3(c2ccc(OC#N)cc2)c2ccc(OC#N)cc2)cc1. The highest BCUT2D eigenvalue weighted by Crippen LogP contribution is 2.58. The van der Waals surface area contributed by atoms with E-state index in [4.69, 9.17) is 20.0 Å². The summed E-state index contributed by atoms with van der Waals surface area (Å²) in [4.78, 5) is 27.1. The number of nitrogens with one attached hydrogen (secondary N) is 1. The number of carbonyl (C=O) groups excluding carboxylic acids is 2. The molecule has 36 heavy (non-hydrogen) atoms. The minimum absolute atomic E-state index is 0.327. The van der Waals surface area contributed by atoms with Crippen molar-refractivity contribution in [3.05, 3.63) is 119 Å². The highest BCUT2D eigenvalue weighted by Gasteiger charge is 2.66. The Kier molecular flexibility index (Phi) is 5.39. The Bertz CT molecular complexity index is 1450. The zero-order valence-electron chi connectivity index (χ0n) is 19.2. The van der Waals surface area contributed by atoms with Gasteiger partial charge in [-0.3, -0.25) is 14.9 Å². The van der Waals surface area contributed by atoms with Gasteiger partial charge in [0.2, 0.25) is 5.91 Å². The maximum absolute atomic E-state index is 14.0. The van der Waals surface area contributed by atoms with Crippen molar-refractivity contribution in [2.24, 2.45) is 0 Å². The third-order valence-corrected chi connectivity index (χ3v) is 6.85. The topological polar surface area (TPSA) is 112 Å². The molecule has 1 atom stereocenters. The average Bonchev–Trinajstić information content (AvgIpc) is 3.16. The van der Waals surface area contributed by atoms with Crippen LogP contribution in [0.1, 0.15) is 22.3 Å². The van der Waals surface area contributed by atoms with Crippen LogP contribution in [-0.4, -0.2) is 11.8 Å². The van der Waals surface area contributed by atoms with Crippen molar-refractivity contribution >= 4 is 11.8 Å². The second kappa shape index (κ2) is 8.57. The molecule has 7 nitrogen and oxygen atoms in total. The number of nitriles is 2. The summed E-state index contributed by atoms with van der Waals surface area (Å²) in [5, 5.41) is 20.4. The summed E-state index contributed by atoms with van der Waals surface area (Å²) in [7, 11) is 0. The van der Waals surface area contributed by atoms with E-state index in [0.29, 0.717) is 33.8 Å². The van der Waals surface area contributed by atoms with Gasteiger partial charge in [0.25, 0.3) is 18.4 Å². The lowest BCUT2D eigenvalue weighted by Crippen LogP contribution is -2.55. The number of hydrogen-bond acceptors (Lipinski definition) is 6. The van der Waals surface area contributed by atoms with Crippen molar-refractivity contribution < 1.29 is 19.1 Å². The minimum atomic E-state index is -1.43. The van der Waals surface area contributed by atoms with Gasteiger partial charge in [-0.2, -0.15) is 0 Å². The summed E-state index contributed by atoms with van der Waals surface area (Å²) in [6.07, 6.45) is 8.69. The molecule has 2 aliphatic rings. The van der Waals surface area contributed by atoms with Crippen LogP contribution in [0.25, 0.3) is 0 Å². The number of aryl methyl sites for hydroxylation is 1. The first-order valence-electron chi connectivity index (χ1n) is 11.1. The number of fused-ring (bicyclic) bond motifs is 1. The number of hydrogen-bond donors (Lipinski definition) is 1. The van der Waals surface area contributed by atoms with Crippen LogP contribution in [-0.2, 0) is 20.4 Å². The first kappa shape index (κ1) is 22.6. The maximum Gasteiger partial charge on any atom is 0.292 e. The first-order chi connectivity index (χ1) is 17.5. The summed E-state index contributed by atoms with van der Waals surface area (Å²) in [6, 6.07) is 21.3. The number of ether oxygens (including phenoxy) is 2. The molecule has 2 amide bonds. The molecule has 5 rings (SSSR count). The molecule has 1 fully saturated rings. The van der Waals surface area contributed by atoms with E-state index in [1.54, 1.807) is 73.2 Å². The number of benzene rings is 3. The van der Waals surface area contributed by atoms with Crippen LogP contribution in [0.4, 0.5) is 0 Å². The molecule has 0 saturated carbocycles. The maximum atomic E-state index is 14.0. The normalized spacial score (nSPS) is 19.4. The molecular formula is C29H19N3O4. The van der Waals surface area contributed by atoms with Crippen LogP contribution < -0.4 is 14.8 Å². The number of rotatable bonds is 5. The van der Waals surface area contributed by atoms with Crippen molar-refractivity contribution in [2.45, 2.75) is 17.8 Å². The second-order valence-electron chi connectivity index (χ2n) is 8.58. The molecule has 0 radical (unpaired) electrons. The molecule has 1 aliphatic heterocycles. The van der Waals surface area contributed by atoms with E-state index in [2.05, 4.69) is 5.32 Å². The lowest BCUT2D eigenvalue weighted by molar-refractivity contribution is -0.127. The third kappa shape index (κ3) is 3.11. The molecule has 0 aromatic heterocycles. The van der Waals surface area contributed by atoms with Gasteiger partial charge >= 0.3 is 0 Å². The first-order valence-corrected chi connectivity index (χ1v) is 11.1. The minimum Gasteiger partial charge on any atom is -0.388 e. The number of allylic oxidation sites excluding steroid dienone is 3. The molecule has 0 bridgehead atoms. The molecule has 3 aromatic carbocycles. The zero-order valence-corrected chi connectivity index (χ0v) is 19.2. The molecule has 1 aliphatic carbocycles. The van der Waals surface area contributed by atoms with Crippen LogP contribution in [0.2, 0.25) is 0 Å². The second-order valence-corrected chi connectivity index (χ2v) is 8.58. The highest BCUT2D eigenvalue weighted by molar-refractivity contribution is 6.22. The fourth-order valence-corrected chi connectivity index (χ4v) is 5.35. The Balaban J connectivity index is 1.87. The Labute approximate surface area is 207 Å². The van der Waals surface area contributed by atoms with Crippen LogP contribution >= 0.6 is 0 Å². The lowest BCUT2D eigenvalue weighted by Gasteiger charge is -2.48.